The summed E-state index contributed by atoms with van der Waals surface area (Å²) in [6.07, 6.45) is -0.512. The number of morpholine rings is 1. The van der Waals surface area contributed by atoms with Gasteiger partial charge in [0.2, 0.25) is 0 Å². The van der Waals surface area contributed by atoms with Crippen molar-refractivity contribution in [3.05, 3.63) is 46.2 Å². The molecule has 1 aliphatic heterocycles. The van der Waals surface area contributed by atoms with Gasteiger partial charge in [-0.15, -0.1) is 0 Å². The third-order valence-electron chi connectivity index (χ3n) is 4.79. The Kier molecular flexibility index (Phi) is 5.96. The van der Waals surface area contributed by atoms with E-state index in [4.69, 9.17) is 16.3 Å². The van der Waals surface area contributed by atoms with Crippen molar-refractivity contribution in [1.29, 1.82) is 0 Å². The number of nitrogens with one attached hydrogen (secondary N) is 1. The lowest BCUT2D eigenvalue weighted by molar-refractivity contribution is -0.133. The molecule has 0 bridgehead atoms. The number of carbonyl (C=O) groups is 1. The number of benzene rings is 1. The van der Waals surface area contributed by atoms with E-state index in [1.54, 1.807) is 12.1 Å². The number of hydrogen-bond acceptors (Lipinski definition) is 4. The van der Waals surface area contributed by atoms with E-state index in [1.165, 1.54) is 11.3 Å². The standard InChI is InChI=1S/C19H25ClN4O2/c1-4-24-14(3)15(13(2)22-24)11-23-9-10-26-18(12-23)19(25)21-17-8-6-5-7-16(17)20/h5-8,18H,4,9-12H2,1-3H3,(H,21,25)/t18-/m0/s1. The average Bonchev–Trinajstić information content (AvgIpc) is 2.91. The number of amides is 1. The van der Waals surface area contributed by atoms with E-state index in [2.05, 4.69) is 29.2 Å². The molecule has 26 heavy (non-hydrogen) atoms. The number of halogens is 1. The van der Waals surface area contributed by atoms with E-state index >= 15 is 0 Å². The lowest BCUT2D eigenvalue weighted by Crippen LogP contribution is -2.47. The molecular formula is C19H25ClN4O2. The van der Waals surface area contributed by atoms with Gasteiger partial charge in [-0.25, -0.2) is 0 Å². The van der Waals surface area contributed by atoms with Crippen molar-refractivity contribution in [3.8, 4) is 0 Å². The van der Waals surface area contributed by atoms with E-state index < -0.39 is 6.10 Å². The minimum absolute atomic E-state index is 0.166. The number of aryl methyl sites for hydroxylation is 2. The summed E-state index contributed by atoms with van der Waals surface area (Å²) < 4.78 is 7.71. The van der Waals surface area contributed by atoms with Crippen LogP contribution in [-0.4, -0.2) is 46.4 Å². The van der Waals surface area contributed by atoms with Crippen molar-refractivity contribution in [2.75, 3.05) is 25.0 Å². The molecule has 7 heteroatoms. The minimum Gasteiger partial charge on any atom is -0.366 e. The fourth-order valence-electron chi connectivity index (χ4n) is 3.27. The highest BCUT2D eigenvalue weighted by Gasteiger charge is 2.28. The number of para-hydroxylation sites is 1. The van der Waals surface area contributed by atoms with Gasteiger partial charge in [0, 0.05) is 37.4 Å². The molecule has 0 radical (unpaired) electrons. The highest BCUT2D eigenvalue weighted by atomic mass is 35.5. The van der Waals surface area contributed by atoms with E-state index in [-0.39, 0.29) is 5.91 Å². The monoisotopic (exact) mass is 376 g/mol. The molecule has 3 rings (SSSR count). The topological polar surface area (TPSA) is 59.4 Å². The molecule has 1 aromatic carbocycles. The Bertz CT molecular complexity index is 790. The molecule has 1 aliphatic rings. The molecule has 0 unspecified atom stereocenters. The highest BCUT2D eigenvalue weighted by molar-refractivity contribution is 6.33. The molecule has 6 nitrogen and oxygen atoms in total. The number of ether oxygens (including phenoxy) is 1. The van der Waals surface area contributed by atoms with Gasteiger partial charge in [0.15, 0.2) is 0 Å². The second-order valence-electron chi connectivity index (χ2n) is 6.53. The molecule has 1 aromatic heterocycles. The summed E-state index contributed by atoms with van der Waals surface area (Å²) in [5, 5.41) is 7.96. The number of aromatic nitrogens is 2. The van der Waals surface area contributed by atoms with E-state index in [0.29, 0.717) is 23.9 Å². The zero-order valence-corrected chi connectivity index (χ0v) is 16.2. The van der Waals surface area contributed by atoms with Crippen molar-refractivity contribution in [1.82, 2.24) is 14.7 Å². The maximum absolute atomic E-state index is 12.6. The predicted molar refractivity (Wildman–Crippen MR) is 102 cm³/mol. The third-order valence-corrected chi connectivity index (χ3v) is 5.12. The first kappa shape index (κ1) is 18.9. The van der Waals surface area contributed by atoms with Crippen LogP contribution in [0.5, 0.6) is 0 Å². The molecule has 1 N–H and O–H groups in total. The Morgan fingerprint density at radius 3 is 2.85 bits per heavy atom. The van der Waals surface area contributed by atoms with Gasteiger partial charge in [-0.1, -0.05) is 23.7 Å². The summed E-state index contributed by atoms with van der Waals surface area (Å²) in [7, 11) is 0. The third kappa shape index (κ3) is 4.09. The summed E-state index contributed by atoms with van der Waals surface area (Å²) in [5.74, 6) is -0.166. The fourth-order valence-corrected chi connectivity index (χ4v) is 3.46. The second-order valence-corrected chi connectivity index (χ2v) is 6.94. The zero-order chi connectivity index (χ0) is 18.7. The first-order chi connectivity index (χ1) is 12.5. The van der Waals surface area contributed by atoms with Crippen LogP contribution < -0.4 is 5.32 Å². The molecule has 1 fully saturated rings. The van der Waals surface area contributed by atoms with Gasteiger partial charge in [-0.3, -0.25) is 14.4 Å². The van der Waals surface area contributed by atoms with Crippen LogP contribution in [0.3, 0.4) is 0 Å². The van der Waals surface area contributed by atoms with Gasteiger partial charge < -0.3 is 10.1 Å². The Balaban J connectivity index is 1.65. The molecular weight excluding hydrogens is 352 g/mol. The van der Waals surface area contributed by atoms with Gasteiger partial charge in [-0.2, -0.15) is 5.10 Å². The van der Waals surface area contributed by atoms with Crippen molar-refractivity contribution < 1.29 is 9.53 Å². The molecule has 0 aliphatic carbocycles. The number of nitrogens with zero attached hydrogens (tertiary/aromatic N) is 3. The van der Waals surface area contributed by atoms with Gasteiger partial charge in [0.1, 0.15) is 6.10 Å². The Hall–Kier alpha value is -1.89. The SMILES string of the molecule is CCn1nc(C)c(CN2CCO[C@H](C(=O)Nc3ccccc3Cl)C2)c1C. The Labute approximate surface area is 159 Å². The fraction of sp³-hybridized carbons (Fsp3) is 0.474. The van der Waals surface area contributed by atoms with Crippen molar-refractivity contribution in [3.63, 3.8) is 0 Å². The zero-order valence-electron chi connectivity index (χ0n) is 15.5. The van der Waals surface area contributed by atoms with Crippen LogP contribution in [0.4, 0.5) is 5.69 Å². The average molecular weight is 377 g/mol. The molecule has 2 heterocycles. The van der Waals surface area contributed by atoms with Crippen molar-refractivity contribution in [2.24, 2.45) is 0 Å². The number of rotatable bonds is 5. The van der Waals surface area contributed by atoms with Crippen LogP contribution >= 0.6 is 11.6 Å². The van der Waals surface area contributed by atoms with Crippen molar-refractivity contribution in [2.45, 2.75) is 40.0 Å². The molecule has 1 saturated heterocycles. The van der Waals surface area contributed by atoms with Gasteiger partial charge >= 0.3 is 0 Å². The van der Waals surface area contributed by atoms with E-state index in [9.17, 15) is 4.79 Å². The predicted octanol–water partition coefficient (Wildman–Crippen LogP) is 3.01. The quantitative estimate of drug-likeness (QED) is 0.871. The first-order valence-electron chi connectivity index (χ1n) is 8.91. The molecule has 2 aromatic rings. The Morgan fingerprint density at radius 2 is 2.15 bits per heavy atom. The van der Waals surface area contributed by atoms with Crippen LogP contribution in [0.25, 0.3) is 0 Å². The normalized spacial score (nSPS) is 18.1. The van der Waals surface area contributed by atoms with E-state index in [0.717, 1.165) is 25.3 Å². The summed E-state index contributed by atoms with van der Waals surface area (Å²) in [6.45, 7) is 9.74. The Morgan fingerprint density at radius 1 is 1.38 bits per heavy atom. The van der Waals surface area contributed by atoms with Gasteiger partial charge in [-0.05, 0) is 32.9 Å². The van der Waals surface area contributed by atoms with Gasteiger partial charge in [0.25, 0.3) is 5.91 Å². The molecule has 140 valence electrons. The second kappa shape index (κ2) is 8.20. The maximum atomic E-state index is 12.6. The van der Waals surface area contributed by atoms with Crippen molar-refractivity contribution >= 4 is 23.2 Å². The minimum atomic E-state index is -0.512. The summed E-state index contributed by atoms with van der Waals surface area (Å²) in [5.41, 5.74) is 4.08. The number of carbonyl (C=O) groups excluding carboxylic acids is 1. The van der Waals surface area contributed by atoms with E-state index in [1.807, 2.05) is 23.7 Å². The highest BCUT2D eigenvalue weighted by Crippen LogP contribution is 2.22. The number of anilines is 1. The molecule has 0 spiro atoms. The van der Waals surface area contributed by atoms with Crippen LogP contribution in [0.15, 0.2) is 24.3 Å². The lowest BCUT2D eigenvalue weighted by Gasteiger charge is -2.32. The molecule has 1 atom stereocenters. The maximum Gasteiger partial charge on any atom is 0.254 e. The van der Waals surface area contributed by atoms with Crippen LogP contribution in [0.2, 0.25) is 5.02 Å². The van der Waals surface area contributed by atoms with Crippen LogP contribution in [0.1, 0.15) is 23.9 Å². The molecule has 1 amide bonds. The largest absolute Gasteiger partial charge is 0.366 e. The summed E-state index contributed by atoms with van der Waals surface area (Å²) >= 11 is 6.12. The number of hydrogen-bond donors (Lipinski definition) is 1. The smallest absolute Gasteiger partial charge is 0.254 e. The lowest BCUT2D eigenvalue weighted by atomic mass is 10.1. The van der Waals surface area contributed by atoms with Crippen LogP contribution in [0, 0.1) is 13.8 Å². The van der Waals surface area contributed by atoms with Crippen LogP contribution in [-0.2, 0) is 22.6 Å². The molecule has 0 saturated carbocycles. The van der Waals surface area contributed by atoms with Gasteiger partial charge in [0.05, 0.1) is 23.0 Å². The summed E-state index contributed by atoms with van der Waals surface area (Å²) in [6, 6.07) is 7.21. The first-order valence-corrected chi connectivity index (χ1v) is 9.29. The summed E-state index contributed by atoms with van der Waals surface area (Å²) in [4.78, 5) is 14.8.